The van der Waals surface area contributed by atoms with Crippen LogP contribution in [0.5, 0.6) is 11.5 Å². The Morgan fingerprint density at radius 2 is 1.63 bits per heavy atom. The second-order valence-electron chi connectivity index (χ2n) is 3.67. The molecule has 0 amide bonds. The third-order valence-electron chi connectivity index (χ3n) is 2.42. The van der Waals surface area contributed by atoms with Crippen LogP contribution in [0, 0.1) is 0 Å². The van der Waals surface area contributed by atoms with Crippen molar-refractivity contribution in [3.05, 3.63) is 60.2 Å². The highest BCUT2D eigenvalue weighted by Crippen LogP contribution is 2.25. The fraction of sp³-hybridized carbons (Fsp3) is 0. The van der Waals surface area contributed by atoms with E-state index in [1.165, 1.54) is 6.07 Å². The summed E-state index contributed by atoms with van der Waals surface area (Å²) >= 11 is 0. The second kappa shape index (κ2) is 5.68. The molecule has 0 aromatic heterocycles. The average Bonchev–Trinajstić information content (AvgIpc) is 2.42. The summed E-state index contributed by atoms with van der Waals surface area (Å²) in [5, 5.41) is 20.6. The largest absolute Gasteiger partial charge is 0.476 e. The molecule has 2 rings (SSSR count). The molecule has 2 N–H and O–H groups in total. The van der Waals surface area contributed by atoms with Gasteiger partial charge in [0, 0.05) is 0 Å². The molecular weight excluding hydrogens is 246 g/mol. The molecule has 19 heavy (non-hydrogen) atoms. The van der Waals surface area contributed by atoms with Gasteiger partial charge in [0.05, 0.1) is 5.56 Å². The fourth-order valence-electron chi connectivity index (χ4n) is 1.58. The summed E-state index contributed by atoms with van der Waals surface area (Å²) in [6.45, 7) is 0. The summed E-state index contributed by atoms with van der Waals surface area (Å²) in [7, 11) is 0. The molecule has 0 saturated carbocycles. The quantitative estimate of drug-likeness (QED) is 0.501. The van der Waals surface area contributed by atoms with Crippen LogP contribution in [0.15, 0.2) is 59.8 Å². The molecule has 5 nitrogen and oxygen atoms in total. The summed E-state index contributed by atoms with van der Waals surface area (Å²) < 4.78 is 5.59. The molecule has 0 radical (unpaired) electrons. The van der Waals surface area contributed by atoms with Gasteiger partial charge in [0.15, 0.2) is 5.71 Å². The number of carbonyl (C=O) groups is 1. The van der Waals surface area contributed by atoms with E-state index in [4.69, 9.17) is 15.1 Å². The number of oxime groups is 1. The van der Waals surface area contributed by atoms with Crippen LogP contribution >= 0.6 is 0 Å². The van der Waals surface area contributed by atoms with Crippen molar-refractivity contribution in [3.63, 3.8) is 0 Å². The zero-order chi connectivity index (χ0) is 13.7. The standard InChI is InChI=1S/C14H11NO4/c16-14(17)13(15-18)11-8-4-5-9-12(11)19-10-6-2-1-3-7-10/h1-9,18H,(H,16,17)/b15-13+. The number of para-hydroxylation sites is 2. The van der Waals surface area contributed by atoms with E-state index in [9.17, 15) is 4.79 Å². The molecule has 0 atom stereocenters. The Balaban J connectivity index is 2.39. The van der Waals surface area contributed by atoms with Gasteiger partial charge in [-0.3, -0.25) is 0 Å². The number of hydrogen-bond acceptors (Lipinski definition) is 4. The molecule has 5 heteroatoms. The van der Waals surface area contributed by atoms with Crippen molar-refractivity contribution in [3.8, 4) is 11.5 Å². The van der Waals surface area contributed by atoms with E-state index in [2.05, 4.69) is 5.16 Å². The van der Waals surface area contributed by atoms with Crippen LogP contribution in [-0.2, 0) is 4.79 Å². The van der Waals surface area contributed by atoms with Gasteiger partial charge in [0.25, 0.3) is 0 Å². The van der Waals surface area contributed by atoms with Crippen molar-refractivity contribution >= 4 is 11.7 Å². The lowest BCUT2D eigenvalue weighted by Crippen LogP contribution is -2.15. The normalized spacial score (nSPS) is 11.1. The Kier molecular flexibility index (Phi) is 3.78. The molecule has 0 bridgehead atoms. The van der Waals surface area contributed by atoms with Crippen molar-refractivity contribution < 1.29 is 19.8 Å². The van der Waals surface area contributed by atoms with Gasteiger partial charge in [-0.25, -0.2) is 4.79 Å². The number of carboxylic acids is 1. The Morgan fingerprint density at radius 3 is 2.26 bits per heavy atom. The van der Waals surface area contributed by atoms with Crippen molar-refractivity contribution in [1.82, 2.24) is 0 Å². The van der Waals surface area contributed by atoms with Crippen molar-refractivity contribution in [2.45, 2.75) is 0 Å². The highest BCUT2D eigenvalue weighted by molar-refractivity contribution is 6.43. The van der Waals surface area contributed by atoms with Gasteiger partial charge < -0.3 is 15.1 Å². The van der Waals surface area contributed by atoms with Crippen LogP contribution < -0.4 is 4.74 Å². The molecule has 96 valence electrons. The smallest absolute Gasteiger partial charge is 0.358 e. The van der Waals surface area contributed by atoms with E-state index in [1.807, 2.05) is 6.07 Å². The average molecular weight is 257 g/mol. The minimum atomic E-state index is -1.33. The maximum atomic E-state index is 11.0. The van der Waals surface area contributed by atoms with E-state index in [-0.39, 0.29) is 5.56 Å². The number of aliphatic carboxylic acids is 1. The lowest BCUT2D eigenvalue weighted by Gasteiger charge is -2.10. The van der Waals surface area contributed by atoms with Gasteiger partial charge in [0.2, 0.25) is 0 Å². The molecule has 0 saturated heterocycles. The number of ether oxygens (including phenoxy) is 1. The number of benzene rings is 2. The number of hydrogen-bond donors (Lipinski definition) is 2. The first-order valence-corrected chi connectivity index (χ1v) is 5.50. The molecule has 2 aromatic carbocycles. The molecule has 0 heterocycles. The lowest BCUT2D eigenvalue weighted by atomic mass is 10.1. The highest BCUT2D eigenvalue weighted by atomic mass is 16.5. The van der Waals surface area contributed by atoms with Crippen LogP contribution in [-0.4, -0.2) is 22.0 Å². The third-order valence-corrected chi connectivity index (χ3v) is 2.42. The Hall–Kier alpha value is -2.82. The van der Waals surface area contributed by atoms with Crippen molar-refractivity contribution in [2.75, 3.05) is 0 Å². The zero-order valence-corrected chi connectivity index (χ0v) is 9.85. The first kappa shape index (κ1) is 12.6. The highest BCUT2D eigenvalue weighted by Gasteiger charge is 2.18. The van der Waals surface area contributed by atoms with Crippen LogP contribution in [0.2, 0.25) is 0 Å². The SMILES string of the molecule is O=C(O)/C(=N/O)c1ccccc1Oc1ccccc1. The van der Waals surface area contributed by atoms with E-state index >= 15 is 0 Å². The first-order valence-electron chi connectivity index (χ1n) is 5.50. The zero-order valence-electron chi connectivity index (χ0n) is 9.85. The van der Waals surface area contributed by atoms with Crippen molar-refractivity contribution in [1.29, 1.82) is 0 Å². The second-order valence-corrected chi connectivity index (χ2v) is 3.67. The van der Waals surface area contributed by atoms with E-state index < -0.39 is 11.7 Å². The minimum Gasteiger partial charge on any atom is -0.476 e. The summed E-state index contributed by atoms with van der Waals surface area (Å²) in [5.74, 6) is -0.451. The summed E-state index contributed by atoms with van der Waals surface area (Å²) in [4.78, 5) is 11.0. The Labute approximate surface area is 109 Å². The van der Waals surface area contributed by atoms with Gasteiger partial charge in [0.1, 0.15) is 11.5 Å². The summed E-state index contributed by atoms with van der Waals surface area (Å²) in [6, 6.07) is 15.4. The Morgan fingerprint density at radius 1 is 1.00 bits per heavy atom. The molecule has 0 unspecified atom stereocenters. The number of carboxylic acid groups (broad SMARTS) is 1. The van der Waals surface area contributed by atoms with Crippen LogP contribution in [0.3, 0.4) is 0 Å². The lowest BCUT2D eigenvalue weighted by molar-refractivity contribution is -0.129. The number of nitrogens with zero attached hydrogens (tertiary/aromatic N) is 1. The molecule has 0 fully saturated rings. The first-order chi connectivity index (χ1) is 9.22. The molecule has 0 aliphatic rings. The van der Waals surface area contributed by atoms with E-state index in [0.29, 0.717) is 11.5 Å². The van der Waals surface area contributed by atoms with Crippen LogP contribution in [0.4, 0.5) is 0 Å². The molecule has 0 aliphatic carbocycles. The summed E-state index contributed by atoms with van der Waals surface area (Å²) in [6.07, 6.45) is 0. The van der Waals surface area contributed by atoms with Crippen LogP contribution in [0.1, 0.15) is 5.56 Å². The predicted molar refractivity (Wildman–Crippen MR) is 68.9 cm³/mol. The molecule has 0 spiro atoms. The van der Waals surface area contributed by atoms with Gasteiger partial charge in [-0.2, -0.15) is 0 Å². The Bertz CT molecular complexity index is 608. The maximum Gasteiger partial charge on any atom is 0.358 e. The van der Waals surface area contributed by atoms with Gasteiger partial charge in [-0.1, -0.05) is 35.5 Å². The van der Waals surface area contributed by atoms with E-state index in [0.717, 1.165) is 0 Å². The van der Waals surface area contributed by atoms with E-state index in [1.54, 1.807) is 42.5 Å². The minimum absolute atomic E-state index is 0.210. The van der Waals surface area contributed by atoms with Gasteiger partial charge in [-0.05, 0) is 24.3 Å². The fourth-order valence-corrected chi connectivity index (χ4v) is 1.58. The maximum absolute atomic E-state index is 11.0. The van der Waals surface area contributed by atoms with Gasteiger partial charge >= 0.3 is 5.97 Å². The monoisotopic (exact) mass is 257 g/mol. The molecule has 0 aliphatic heterocycles. The topological polar surface area (TPSA) is 79.1 Å². The van der Waals surface area contributed by atoms with Crippen molar-refractivity contribution in [2.24, 2.45) is 5.16 Å². The molecular formula is C14H11NO4. The third kappa shape index (κ3) is 2.90. The summed E-state index contributed by atoms with van der Waals surface area (Å²) in [5.41, 5.74) is -0.257. The predicted octanol–water partition coefficient (Wildman–Crippen LogP) is 2.74. The number of rotatable bonds is 4. The molecule has 2 aromatic rings. The van der Waals surface area contributed by atoms with Crippen LogP contribution in [0.25, 0.3) is 0 Å². The van der Waals surface area contributed by atoms with Gasteiger partial charge in [-0.15, -0.1) is 0 Å².